The molecule has 0 aliphatic carbocycles. The van der Waals surface area contributed by atoms with Crippen LogP contribution < -0.4 is 15.2 Å². The number of fused-ring (bicyclic) bond motifs is 2. The molecule has 1 atom stereocenters. The number of hydrogen-bond donors (Lipinski definition) is 1. The molecule has 1 unspecified atom stereocenters. The van der Waals surface area contributed by atoms with Crippen molar-refractivity contribution < 1.29 is 14.3 Å². The molecule has 5 nitrogen and oxygen atoms in total. The van der Waals surface area contributed by atoms with Gasteiger partial charge < -0.3 is 15.2 Å². The van der Waals surface area contributed by atoms with Crippen LogP contribution in [0.2, 0.25) is 20.1 Å². The highest BCUT2D eigenvalue weighted by atomic mass is 35.5. The average Bonchev–Trinajstić information content (AvgIpc) is 3.15. The van der Waals surface area contributed by atoms with Crippen molar-refractivity contribution in [2.45, 2.75) is 5.92 Å². The summed E-state index contributed by atoms with van der Waals surface area (Å²) in [5, 5.41) is 11.7. The lowest BCUT2D eigenvalue weighted by Gasteiger charge is -2.27. The van der Waals surface area contributed by atoms with E-state index < -0.39 is 11.9 Å². The minimum atomic E-state index is -0.664. The van der Waals surface area contributed by atoms with Gasteiger partial charge in [-0.2, -0.15) is 5.26 Å². The van der Waals surface area contributed by atoms with Gasteiger partial charge in [0.2, 0.25) is 5.88 Å². The van der Waals surface area contributed by atoms with E-state index in [9.17, 15) is 10.1 Å². The van der Waals surface area contributed by atoms with Crippen LogP contribution in [0.4, 0.5) is 0 Å². The Labute approximate surface area is 223 Å². The first kappa shape index (κ1) is 23.8. The third-order valence-electron chi connectivity index (χ3n) is 5.45. The van der Waals surface area contributed by atoms with Crippen LogP contribution in [-0.2, 0) is 0 Å². The van der Waals surface area contributed by atoms with Gasteiger partial charge in [-0.3, -0.25) is 0 Å². The summed E-state index contributed by atoms with van der Waals surface area (Å²) in [5.41, 5.74) is 7.66. The standard InChI is InChI=1S/C25H12Cl4N2O3S/c26-11-7-17(28)21-19(8-11)35-23(22(21)29)25(32)33-12-5-6-14-18(9-12)34-24(31)15(10-30)20(14)13-3-1-2-4-16(13)27/h1-9,20H,31H2. The molecule has 0 amide bonds. The summed E-state index contributed by atoms with van der Waals surface area (Å²) >= 11 is 26.3. The highest BCUT2D eigenvalue weighted by molar-refractivity contribution is 7.21. The molecular formula is C25H12Cl4N2O3S. The molecule has 35 heavy (non-hydrogen) atoms. The zero-order valence-electron chi connectivity index (χ0n) is 17.4. The zero-order chi connectivity index (χ0) is 24.9. The first-order chi connectivity index (χ1) is 16.8. The van der Waals surface area contributed by atoms with Gasteiger partial charge in [-0.05, 0) is 29.8 Å². The van der Waals surface area contributed by atoms with E-state index in [-0.39, 0.29) is 27.1 Å². The molecule has 2 N–H and O–H groups in total. The van der Waals surface area contributed by atoms with Crippen LogP contribution in [0, 0.1) is 11.3 Å². The maximum absolute atomic E-state index is 13.0. The van der Waals surface area contributed by atoms with Crippen LogP contribution in [0.5, 0.6) is 11.5 Å². The van der Waals surface area contributed by atoms with E-state index in [2.05, 4.69) is 6.07 Å². The summed E-state index contributed by atoms with van der Waals surface area (Å²) < 4.78 is 11.9. The van der Waals surface area contributed by atoms with Crippen molar-refractivity contribution in [1.82, 2.24) is 0 Å². The van der Waals surface area contributed by atoms with Gasteiger partial charge in [-0.25, -0.2) is 4.79 Å². The summed E-state index contributed by atoms with van der Waals surface area (Å²) in [7, 11) is 0. The monoisotopic (exact) mass is 560 g/mol. The van der Waals surface area contributed by atoms with E-state index in [4.69, 9.17) is 61.6 Å². The third kappa shape index (κ3) is 4.20. The molecule has 2 heterocycles. The van der Waals surface area contributed by atoms with E-state index in [1.54, 1.807) is 36.4 Å². The summed E-state index contributed by atoms with van der Waals surface area (Å²) in [5.74, 6) is -0.701. The first-order valence-electron chi connectivity index (χ1n) is 10.0. The molecule has 5 rings (SSSR count). The fourth-order valence-corrected chi connectivity index (χ4v) is 6.42. The number of allylic oxidation sites excluding steroid dienone is 1. The van der Waals surface area contributed by atoms with Crippen molar-refractivity contribution in [3.63, 3.8) is 0 Å². The van der Waals surface area contributed by atoms with Crippen molar-refractivity contribution in [2.75, 3.05) is 0 Å². The third-order valence-corrected chi connectivity index (χ3v) is 7.92. The summed E-state index contributed by atoms with van der Waals surface area (Å²) in [6, 6.07) is 17.4. The average molecular weight is 562 g/mol. The number of halogens is 4. The lowest BCUT2D eigenvalue weighted by Crippen LogP contribution is -2.21. The van der Waals surface area contributed by atoms with Crippen molar-refractivity contribution in [3.05, 3.63) is 102 Å². The molecule has 4 aromatic rings. The van der Waals surface area contributed by atoms with Gasteiger partial charge >= 0.3 is 5.97 Å². The minimum Gasteiger partial charge on any atom is -0.440 e. The number of carbonyl (C=O) groups is 1. The van der Waals surface area contributed by atoms with Crippen LogP contribution in [0.1, 0.15) is 26.7 Å². The fourth-order valence-electron chi connectivity index (χ4n) is 3.92. The second-order valence-corrected chi connectivity index (χ2v) is 10.2. The Morgan fingerprint density at radius 3 is 2.54 bits per heavy atom. The number of rotatable bonds is 3. The number of nitrogens with zero attached hydrogens (tertiary/aromatic N) is 1. The number of benzene rings is 3. The molecular weight excluding hydrogens is 550 g/mol. The molecule has 3 aromatic carbocycles. The molecule has 0 bridgehead atoms. The van der Waals surface area contributed by atoms with Crippen molar-refractivity contribution in [1.29, 1.82) is 5.26 Å². The molecule has 1 aromatic heterocycles. The van der Waals surface area contributed by atoms with Crippen LogP contribution in [-0.4, -0.2) is 5.97 Å². The van der Waals surface area contributed by atoms with E-state index in [1.807, 2.05) is 12.1 Å². The number of nitrogens with two attached hydrogens (primary N) is 1. The van der Waals surface area contributed by atoms with Crippen molar-refractivity contribution in [3.8, 4) is 17.6 Å². The van der Waals surface area contributed by atoms with Crippen LogP contribution >= 0.6 is 57.7 Å². The molecule has 1 aliphatic rings. The van der Waals surface area contributed by atoms with Crippen LogP contribution in [0.3, 0.4) is 0 Å². The van der Waals surface area contributed by atoms with Crippen LogP contribution in [0.15, 0.2) is 66.1 Å². The Hall–Kier alpha value is -2.92. The number of esters is 1. The number of carbonyl (C=O) groups excluding carboxylic acids is 1. The number of hydrogen-bond acceptors (Lipinski definition) is 6. The lowest BCUT2D eigenvalue weighted by molar-refractivity contribution is 0.0740. The predicted molar refractivity (Wildman–Crippen MR) is 139 cm³/mol. The molecule has 174 valence electrons. The maximum Gasteiger partial charge on any atom is 0.355 e. The smallest absolute Gasteiger partial charge is 0.355 e. The summed E-state index contributed by atoms with van der Waals surface area (Å²) in [4.78, 5) is 13.1. The minimum absolute atomic E-state index is 0.0486. The quantitative estimate of drug-likeness (QED) is 0.202. The van der Waals surface area contributed by atoms with E-state index in [0.29, 0.717) is 42.0 Å². The Balaban J connectivity index is 1.51. The number of thiophene rings is 1. The molecule has 0 radical (unpaired) electrons. The highest BCUT2D eigenvalue weighted by Gasteiger charge is 2.32. The van der Waals surface area contributed by atoms with Gasteiger partial charge in [0, 0.05) is 31.8 Å². The molecule has 0 fully saturated rings. The van der Waals surface area contributed by atoms with Crippen molar-refractivity contribution >= 4 is 73.8 Å². The van der Waals surface area contributed by atoms with E-state index in [0.717, 1.165) is 11.3 Å². The van der Waals surface area contributed by atoms with Gasteiger partial charge in [0.25, 0.3) is 0 Å². The van der Waals surface area contributed by atoms with Gasteiger partial charge in [0.1, 0.15) is 28.0 Å². The number of ether oxygens (including phenoxy) is 2. The highest BCUT2D eigenvalue weighted by Crippen LogP contribution is 2.46. The topological polar surface area (TPSA) is 85.3 Å². The summed E-state index contributed by atoms with van der Waals surface area (Å²) in [6.07, 6.45) is 0. The fraction of sp³-hybridized carbons (Fsp3) is 0.0400. The molecule has 0 saturated carbocycles. The zero-order valence-corrected chi connectivity index (χ0v) is 21.3. The SMILES string of the molecule is N#CC1=C(N)Oc2cc(OC(=O)c3sc4cc(Cl)cc(Cl)c4c3Cl)ccc2C1c1ccccc1Cl. The second-order valence-electron chi connectivity index (χ2n) is 7.54. The van der Waals surface area contributed by atoms with Gasteiger partial charge in [0.15, 0.2) is 0 Å². The molecule has 0 saturated heterocycles. The predicted octanol–water partition coefficient (Wildman–Crippen LogP) is 7.95. The lowest BCUT2D eigenvalue weighted by atomic mass is 9.83. The van der Waals surface area contributed by atoms with E-state index in [1.165, 1.54) is 6.07 Å². The molecule has 1 aliphatic heterocycles. The van der Waals surface area contributed by atoms with Crippen molar-refractivity contribution in [2.24, 2.45) is 5.73 Å². The van der Waals surface area contributed by atoms with Gasteiger partial charge in [-0.1, -0.05) is 70.7 Å². The maximum atomic E-state index is 13.0. The van der Waals surface area contributed by atoms with Gasteiger partial charge in [-0.15, -0.1) is 11.3 Å². The Morgan fingerprint density at radius 2 is 1.80 bits per heavy atom. The molecule has 10 heteroatoms. The number of nitriles is 1. The van der Waals surface area contributed by atoms with Gasteiger partial charge in [0.05, 0.1) is 16.0 Å². The Bertz CT molecular complexity index is 1610. The Kier molecular flexibility index (Phi) is 6.30. The first-order valence-corrected chi connectivity index (χ1v) is 12.4. The summed E-state index contributed by atoms with van der Waals surface area (Å²) in [6.45, 7) is 0. The normalized spacial score (nSPS) is 14.9. The Morgan fingerprint density at radius 1 is 1.03 bits per heavy atom. The van der Waals surface area contributed by atoms with Crippen LogP contribution in [0.25, 0.3) is 10.1 Å². The largest absolute Gasteiger partial charge is 0.440 e. The van der Waals surface area contributed by atoms with E-state index >= 15 is 0 Å². The molecule has 0 spiro atoms. The second kappa shape index (κ2) is 9.27.